The van der Waals surface area contributed by atoms with Gasteiger partial charge in [-0.1, -0.05) is 29.8 Å². The van der Waals surface area contributed by atoms with Gasteiger partial charge in [0, 0.05) is 31.6 Å². The molecular weight excluding hydrogens is 284 g/mol. The van der Waals surface area contributed by atoms with E-state index >= 15 is 0 Å². The van der Waals surface area contributed by atoms with Gasteiger partial charge in [0.15, 0.2) is 6.10 Å². The molecule has 3 N–H and O–H groups in total. The van der Waals surface area contributed by atoms with Crippen molar-refractivity contribution in [2.45, 2.75) is 19.1 Å². The minimum atomic E-state index is -1.47. The van der Waals surface area contributed by atoms with Gasteiger partial charge in [0.1, 0.15) is 0 Å². The molecule has 0 unspecified atom stereocenters. The quantitative estimate of drug-likeness (QED) is 0.739. The lowest BCUT2D eigenvalue weighted by molar-refractivity contribution is -0.146. The zero-order valence-corrected chi connectivity index (χ0v) is 11.8. The van der Waals surface area contributed by atoms with Crippen LogP contribution in [-0.2, 0) is 11.3 Å². The van der Waals surface area contributed by atoms with Gasteiger partial charge in [-0.25, -0.2) is 9.59 Å². The number of hydrogen-bond acceptors (Lipinski definition) is 3. The Morgan fingerprint density at radius 3 is 2.65 bits per heavy atom. The minimum absolute atomic E-state index is 0.0407. The first-order valence-electron chi connectivity index (χ1n) is 6.05. The van der Waals surface area contributed by atoms with Crippen LogP contribution < -0.4 is 5.32 Å². The SMILES string of the molecule is CN(Cc1ccccc1Cl)C(=O)NCC[C@H](O)C(=O)O. The molecule has 0 heterocycles. The van der Waals surface area contributed by atoms with Crippen molar-refractivity contribution in [3.8, 4) is 0 Å². The van der Waals surface area contributed by atoms with Crippen LogP contribution in [0.5, 0.6) is 0 Å². The van der Waals surface area contributed by atoms with E-state index in [1.165, 1.54) is 4.90 Å². The molecule has 1 rings (SSSR count). The molecule has 0 aromatic heterocycles. The highest BCUT2D eigenvalue weighted by atomic mass is 35.5. The highest BCUT2D eigenvalue weighted by Gasteiger charge is 2.14. The van der Waals surface area contributed by atoms with E-state index in [0.29, 0.717) is 11.6 Å². The van der Waals surface area contributed by atoms with Gasteiger partial charge in [-0.05, 0) is 11.6 Å². The standard InChI is InChI=1S/C13H17ClN2O4/c1-16(8-9-4-2-3-5-10(9)14)13(20)15-7-6-11(17)12(18)19/h2-5,11,17H,6-8H2,1H3,(H,15,20)(H,18,19)/t11-/m0/s1. The Kier molecular flexibility index (Phi) is 6.27. The summed E-state index contributed by atoms with van der Waals surface area (Å²) in [6.45, 7) is 0.423. The fraction of sp³-hybridized carbons (Fsp3) is 0.385. The Hall–Kier alpha value is -1.79. The van der Waals surface area contributed by atoms with Crippen molar-refractivity contribution in [3.05, 3.63) is 34.9 Å². The zero-order valence-electron chi connectivity index (χ0n) is 11.0. The van der Waals surface area contributed by atoms with Gasteiger partial charge in [-0.2, -0.15) is 0 Å². The van der Waals surface area contributed by atoms with Crippen LogP contribution >= 0.6 is 11.6 Å². The molecule has 0 aliphatic heterocycles. The van der Waals surface area contributed by atoms with Crippen molar-refractivity contribution in [2.24, 2.45) is 0 Å². The fourth-order valence-corrected chi connectivity index (χ4v) is 1.72. The van der Waals surface area contributed by atoms with Crippen LogP contribution in [0.2, 0.25) is 5.02 Å². The number of aliphatic hydroxyl groups is 1. The average molecular weight is 301 g/mol. The minimum Gasteiger partial charge on any atom is -0.479 e. The fourth-order valence-electron chi connectivity index (χ4n) is 1.53. The molecule has 0 saturated carbocycles. The number of aliphatic hydroxyl groups excluding tert-OH is 1. The number of nitrogens with zero attached hydrogens (tertiary/aromatic N) is 1. The van der Waals surface area contributed by atoms with Gasteiger partial charge in [0.2, 0.25) is 0 Å². The second kappa shape index (κ2) is 7.72. The third kappa shape index (κ3) is 5.07. The van der Waals surface area contributed by atoms with E-state index in [9.17, 15) is 9.59 Å². The molecule has 7 heteroatoms. The molecule has 110 valence electrons. The Labute approximate surface area is 122 Å². The first-order valence-corrected chi connectivity index (χ1v) is 6.43. The first-order chi connectivity index (χ1) is 9.41. The van der Waals surface area contributed by atoms with Crippen molar-refractivity contribution in [1.82, 2.24) is 10.2 Å². The predicted octanol–water partition coefficient (Wildman–Crippen LogP) is 1.32. The number of hydrogen-bond donors (Lipinski definition) is 3. The maximum Gasteiger partial charge on any atom is 0.332 e. The molecule has 1 aromatic rings. The lowest BCUT2D eigenvalue weighted by Crippen LogP contribution is -2.38. The van der Waals surface area contributed by atoms with Crippen LogP contribution in [0.1, 0.15) is 12.0 Å². The number of halogens is 1. The number of aliphatic carboxylic acids is 1. The molecule has 6 nitrogen and oxygen atoms in total. The molecule has 0 fully saturated rings. The molecule has 1 aromatic carbocycles. The number of urea groups is 1. The predicted molar refractivity (Wildman–Crippen MR) is 74.6 cm³/mol. The number of benzene rings is 1. The summed E-state index contributed by atoms with van der Waals surface area (Å²) in [6, 6.07) is 6.84. The summed E-state index contributed by atoms with van der Waals surface area (Å²) in [7, 11) is 1.60. The Balaban J connectivity index is 2.40. The van der Waals surface area contributed by atoms with Gasteiger partial charge >= 0.3 is 12.0 Å². The second-order valence-electron chi connectivity index (χ2n) is 4.32. The van der Waals surface area contributed by atoms with Crippen molar-refractivity contribution < 1.29 is 19.8 Å². The first kappa shape index (κ1) is 16.3. The number of carbonyl (C=O) groups is 2. The van der Waals surface area contributed by atoms with Crippen molar-refractivity contribution in [1.29, 1.82) is 0 Å². The van der Waals surface area contributed by atoms with Crippen molar-refractivity contribution in [2.75, 3.05) is 13.6 Å². The summed E-state index contributed by atoms with van der Waals surface area (Å²) in [6.07, 6.45) is -1.51. The third-order valence-electron chi connectivity index (χ3n) is 2.69. The van der Waals surface area contributed by atoms with E-state index in [1.54, 1.807) is 19.2 Å². The van der Waals surface area contributed by atoms with E-state index in [2.05, 4.69) is 5.32 Å². The molecule has 0 saturated heterocycles. The maximum absolute atomic E-state index is 11.8. The Bertz CT molecular complexity index is 481. The number of rotatable bonds is 6. The lowest BCUT2D eigenvalue weighted by Gasteiger charge is -2.19. The lowest BCUT2D eigenvalue weighted by atomic mass is 10.2. The molecule has 0 bridgehead atoms. The van der Waals surface area contributed by atoms with Crippen LogP contribution in [0.3, 0.4) is 0 Å². The normalized spacial score (nSPS) is 11.8. The topological polar surface area (TPSA) is 89.9 Å². The van der Waals surface area contributed by atoms with Gasteiger partial charge in [-0.15, -0.1) is 0 Å². The van der Waals surface area contributed by atoms with Crippen LogP contribution in [0.4, 0.5) is 4.79 Å². The van der Waals surface area contributed by atoms with Gasteiger partial charge in [0.05, 0.1) is 0 Å². The number of carbonyl (C=O) groups excluding carboxylic acids is 1. The molecular formula is C13H17ClN2O4. The summed E-state index contributed by atoms with van der Waals surface area (Å²) >= 11 is 6.00. The smallest absolute Gasteiger partial charge is 0.332 e. The van der Waals surface area contributed by atoms with E-state index in [-0.39, 0.29) is 19.0 Å². The number of carboxylic acid groups (broad SMARTS) is 1. The van der Waals surface area contributed by atoms with Crippen LogP contribution in [0.15, 0.2) is 24.3 Å². The molecule has 1 atom stereocenters. The summed E-state index contributed by atoms with van der Waals surface area (Å²) in [5, 5.41) is 20.7. The summed E-state index contributed by atoms with van der Waals surface area (Å²) in [5.74, 6) is -1.30. The molecule has 0 aliphatic carbocycles. The largest absolute Gasteiger partial charge is 0.479 e. The van der Waals surface area contributed by atoms with E-state index in [4.69, 9.17) is 21.8 Å². The van der Waals surface area contributed by atoms with Gasteiger partial charge < -0.3 is 20.4 Å². The summed E-state index contributed by atoms with van der Waals surface area (Å²) in [5.41, 5.74) is 0.817. The maximum atomic E-state index is 11.8. The van der Waals surface area contributed by atoms with Crippen LogP contribution in [0, 0.1) is 0 Å². The highest BCUT2D eigenvalue weighted by Crippen LogP contribution is 2.16. The van der Waals surface area contributed by atoms with E-state index in [1.807, 2.05) is 12.1 Å². The zero-order chi connectivity index (χ0) is 15.1. The van der Waals surface area contributed by atoms with E-state index < -0.39 is 12.1 Å². The molecule has 2 amide bonds. The van der Waals surface area contributed by atoms with E-state index in [0.717, 1.165) is 5.56 Å². The number of amides is 2. The second-order valence-corrected chi connectivity index (χ2v) is 4.73. The van der Waals surface area contributed by atoms with Crippen molar-refractivity contribution in [3.63, 3.8) is 0 Å². The van der Waals surface area contributed by atoms with Crippen LogP contribution in [0.25, 0.3) is 0 Å². The summed E-state index contributed by atoms with van der Waals surface area (Å²) in [4.78, 5) is 23.6. The van der Waals surface area contributed by atoms with Crippen LogP contribution in [-0.4, -0.2) is 46.8 Å². The van der Waals surface area contributed by atoms with Crippen molar-refractivity contribution >= 4 is 23.6 Å². The Morgan fingerprint density at radius 2 is 2.05 bits per heavy atom. The van der Waals surface area contributed by atoms with Gasteiger partial charge in [0.25, 0.3) is 0 Å². The highest BCUT2D eigenvalue weighted by molar-refractivity contribution is 6.31. The molecule has 20 heavy (non-hydrogen) atoms. The van der Waals surface area contributed by atoms with Gasteiger partial charge in [-0.3, -0.25) is 0 Å². The molecule has 0 radical (unpaired) electrons. The molecule has 0 spiro atoms. The average Bonchev–Trinajstić information content (AvgIpc) is 2.40. The number of nitrogens with one attached hydrogen (secondary N) is 1. The molecule has 0 aliphatic rings. The monoisotopic (exact) mass is 300 g/mol. The third-order valence-corrected chi connectivity index (χ3v) is 3.06. The Morgan fingerprint density at radius 1 is 1.40 bits per heavy atom. The summed E-state index contributed by atoms with van der Waals surface area (Å²) < 4.78 is 0. The number of carboxylic acids is 1.